The zero-order valence-corrected chi connectivity index (χ0v) is 19.1. The monoisotopic (exact) mass is 432 g/mol. The SMILES string of the molecule is CC(=O)/C=C/C1=CCCC([N+](=O)[O-])C1.O=C(O)/C=C/C1=CCCC([N+](=O)[O-])C1.[Na+].[OH-]. The molecule has 0 saturated heterocycles. The first-order valence-electron chi connectivity index (χ1n) is 8.93. The number of hydrogen-bond donors (Lipinski definition) is 1. The van der Waals surface area contributed by atoms with E-state index in [0.717, 1.165) is 23.6 Å². The van der Waals surface area contributed by atoms with Crippen molar-refractivity contribution < 1.29 is 59.6 Å². The van der Waals surface area contributed by atoms with E-state index in [0.29, 0.717) is 32.1 Å². The van der Waals surface area contributed by atoms with Crippen LogP contribution in [0.1, 0.15) is 45.4 Å². The minimum Gasteiger partial charge on any atom is -0.870 e. The first-order chi connectivity index (χ1) is 13.2. The van der Waals surface area contributed by atoms with Crippen LogP contribution < -0.4 is 29.6 Å². The summed E-state index contributed by atoms with van der Waals surface area (Å²) in [7, 11) is 0. The molecule has 2 N–H and O–H groups in total. The van der Waals surface area contributed by atoms with Crippen molar-refractivity contribution in [2.24, 2.45) is 0 Å². The molecule has 0 bridgehead atoms. The third-order valence-electron chi connectivity index (χ3n) is 4.32. The van der Waals surface area contributed by atoms with Crippen LogP contribution in [-0.4, -0.2) is 44.3 Å². The molecule has 160 valence electrons. The summed E-state index contributed by atoms with van der Waals surface area (Å²) in [5.74, 6) is -1.07. The van der Waals surface area contributed by atoms with Crippen LogP contribution >= 0.6 is 0 Å². The Hall–Kier alpha value is -2.14. The molecule has 2 rings (SSSR count). The third kappa shape index (κ3) is 12.4. The average molecular weight is 432 g/mol. The smallest absolute Gasteiger partial charge is 0.870 e. The maximum atomic E-state index is 10.7. The van der Waals surface area contributed by atoms with Gasteiger partial charge in [0.15, 0.2) is 5.78 Å². The molecule has 0 spiro atoms. The van der Waals surface area contributed by atoms with E-state index in [2.05, 4.69) is 0 Å². The molecule has 0 fully saturated rings. The first-order valence-corrected chi connectivity index (χ1v) is 8.93. The first kappa shape index (κ1) is 30.1. The molecule has 0 aliphatic heterocycles. The summed E-state index contributed by atoms with van der Waals surface area (Å²) in [6.07, 6.45) is 12.7. The molecular weight excluding hydrogens is 407 g/mol. The number of aliphatic carboxylic acids is 1. The fraction of sp³-hybridized carbons (Fsp3) is 0.474. The van der Waals surface area contributed by atoms with Gasteiger partial charge in [0.1, 0.15) is 0 Å². The second kappa shape index (κ2) is 15.7. The van der Waals surface area contributed by atoms with Crippen LogP contribution in [-0.2, 0) is 9.59 Å². The largest absolute Gasteiger partial charge is 1.00 e. The maximum absolute atomic E-state index is 10.7. The van der Waals surface area contributed by atoms with Crippen molar-refractivity contribution >= 4 is 11.8 Å². The van der Waals surface area contributed by atoms with Crippen molar-refractivity contribution in [1.29, 1.82) is 0 Å². The quantitative estimate of drug-likeness (QED) is 0.266. The van der Waals surface area contributed by atoms with Crippen LogP contribution in [0.25, 0.3) is 0 Å². The van der Waals surface area contributed by atoms with Crippen LogP contribution in [0.5, 0.6) is 0 Å². The van der Waals surface area contributed by atoms with Crippen LogP contribution in [0.2, 0.25) is 0 Å². The third-order valence-corrected chi connectivity index (χ3v) is 4.32. The second-order valence-electron chi connectivity index (χ2n) is 6.61. The van der Waals surface area contributed by atoms with E-state index >= 15 is 0 Å². The summed E-state index contributed by atoms with van der Waals surface area (Å²) in [5, 5.41) is 29.4. The van der Waals surface area contributed by atoms with Gasteiger partial charge in [-0.05, 0) is 37.0 Å². The zero-order valence-electron chi connectivity index (χ0n) is 17.1. The van der Waals surface area contributed by atoms with Gasteiger partial charge in [-0.3, -0.25) is 25.0 Å². The van der Waals surface area contributed by atoms with Crippen molar-refractivity contribution in [3.63, 3.8) is 0 Å². The van der Waals surface area contributed by atoms with E-state index in [9.17, 15) is 29.8 Å². The summed E-state index contributed by atoms with van der Waals surface area (Å²) in [4.78, 5) is 41.3. The molecular formula is C19H25N2NaO8. The number of ketones is 1. The molecule has 0 amide bonds. The standard InChI is InChI=1S/C10H13NO3.C9H11NO4.Na.H2O/c1-8(12)5-6-9-3-2-4-10(7-9)11(13)14;11-9(12)5-4-7-2-1-3-8(6-7)10(13)14;;/h3,5-6,10H,2,4,7H2,1H3;2,4-5,8H,1,3,6H2,(H,11,12);;1H2/q;;+1;/p-1/b6-5+;5-4+;;. The van der Waals surface area contributed by atoms with Crippen molar-refractivity contribution in [3.05, 3.63) is 67.8 Å². The van der Waals surface area contributed by atoms with Gasteiger partial charge in [0.2, 0.25) is 12.1 Å². The van der Waals surface area contributed by atoms with Gasteiger partial charge in [0, 0.05) is 41.6 Å². The van der Waals surface area contributed by atoms with Gasteiger partial charge in [-0.25, -0.2) is 4.79 Å². The second-order valence-corrected chi connectivity index (χ2v) is 6.61. The number of carbonyl (C=O) groups excluding carboxylic acids is 1. The predicted octanol–water partition coefficient (Wildman–Crippen LogP) is 0.0972. The molecule has 2 unspecified atom stereocenters. The van der Waals surface area contributed by atoms with E-state index in [1.54, 1.807) is 6.08 Å². The Morgan fingerprint density at radius 2 is 1.37 bits per heavy atom. The normalized spacial score (nSPS) is 20.6. The fourth-order valence-electron chi connectivity index (χ4n) is 2.87. The molecule has 10 nitrogen and oxygen atoms in total. The average Bonchev–Trinajstić information content (AvgIpc) is 2.65. The van der Waals surface area contributed by atoms with Crippen LogP contribution in [0, 0.1) is 20.2 Å². The van der Waals surface area contributed by atoms with Gasteiger partial charge in [-0.15, -0.1) is 0 Å². The minimum atomic E-state index is -1.03. The maximum Gasteiger partial charge on any atom is 1.00 e. The van der Waals surface area contributed by atoms with E-state index < -0.39 is 18.1 Å². The van der Waals surface area contributed by atoms with E-state index in [1.165, 1.54) is 19.1 Å². The fourth-order valence-corrected chi connectivity index (χ4v) is 2.87. The summed E-state index contributed by atoms with van der Waals surface area (Å²) in [6.45, 7) is 1.46. The van der Waals surface area contributed by atoms with Crippen LogP contribution in [0.4, 0.5) is 0 Å². The van der Waals surface area contributed by atoms with Gasteiger partial charge in [0.25, 0.3) is 0 Å². The number of carboxylic acids is 1. The molecule has 2 aliphatic rings. The predicted molar refractivity (Wildman–Crippen MR) is 104 cm³/mol. The summed E-state index contributed by atoms with van der Waals surface area (Å²) in [6, 6.07) is -1.04. The van der Waals surface area contributed by atoms with Crippen LogP contribution in [0.15, 0.2) is 47.6 Å². The number of hydrogen-bond acceptors (Lipinski definition) is 7. The van der Waals surface area contributed by atoms with Gasteiger partial charge < -0.3 is 10.6 Å². The molecule has 0 aromatic carbocycles. The van der Waals surface area contributed by atoms with E-state index in [-0.39, 0.29) is 50.7 Å². The number of nitrogens with zero attached hydrogens (tertiary/aromatic N) is 2. The van der Waals surface area contributed by atoms with Gasteiger partial charge in [0.05, 0.1) is 0 Å². The number of nitro groups is 2. The van der Waals surface area contributed by atoms with Crippen LogP contribution in [0.3, 0.4) is 0 Å². The zero-order chi connectivity index (χ0) is 21.1. The minimum absolute atomic E-state index is 0. The van der Waals surface area contributed by atoms with E-state index in [1.807, 2.05) is 12.2 Å². The Morgan fingerprint density at radius 3 is 1.70 bits per heavy atom. The number of allylic oxidation sites excluding steroid dienone is 5. The molecule has 0 aromatic heterocycles. The van der Waals surface area contributed by atoms with Gasteiger partial charge >= 0.3 is 35.5 Å². The number of carbonyl (C=O) groups is 2. The van der Waals surface area contributed by atoms with Gasteiger partial charge in [-0.2, -0.15) is 0 Å². The van der Waals surface area contributed by atoms with E-state index in [4.69, 9.17) is 5.11 Å². The Morgan fingerprint density at radius 1 is 0.967 bits per heavy atom. The molecule has 11 heteroatoms. The van der Waals surface area contributed by atoms with Crippen molar-refractivity contribution in [2.45, 2.75) is 57.5 Å². The summed E-state index contributed by atoms with van der Waals surface area (Å²) in [5.41, 5.74) is 1.63. The molecule has 2 atom stereocenters. The molecule has 2 aliphatic carbocycles. The van der Waals surface area contributed by atoms with Gasteiger partial charge in [-0.1, -0.05) is 24.3 Å². The Balaban J connectivity index is 0. The van der Waals surface area contributed by atoms with Crippen molar-refractivity contribution in [2.75, 3.05) is 0 Å². The summed E-state index contributed by atoms with van der Waals surface area (Å²) >= 11 is 0. The topological polar surface area (TPSA) is 171 Å². The molecule has 0 radical (unpaired) electrons. The molecule has 0 saturated carbocycles. The van der Waals surface area contributed by atoms with Crippen molar-refractivity contribution in [1.82, 2.24) is 0 Å². The Labute approximate surface area is 196 Å². The molecule has 0 heterocycles. The number of carboxylic acid groups (broad SMARTS) is 1. The molecule has 30 heavy (non-hydrogen) atoms. The number of rotatable bonds is 6. The summed E-state index contributed by atoms with van der Waals surface area (Å²) < 4.78 is 0. The van der Waals surface area contributed by atoms with Crippen molar-refractivity contribution in [3.8, 4) is 0 Å². The Kier molecular flexibility index (Phi) is 15.7. The molecule has 0 aromatic rings. The Bertz CT molecular complexity index is 681.